The Morgan fingerprint density at radius 3 is 2.64 bits per heavy atom. The van der Waals surface area contributed by atoms with Crippen molar-refractivity contribution in [2.45, 2.75) is 45.6 Å². The molecule has 3 N–H and O–H groups in total. The number of carbonyl (C=O) groups is 2. The highest BCUT2D eigenvalue weighted by molar-refractivity contribution is 7.11. The lowest BCUT2D eigenvalue weighted by Gasteiger charge is -2.11. The first-order valence-corrected chi connectivity index (χ1v) is 8.73. The highest BCUT2D eigenvalue weighted by atomic mass is 32.1. The molecule has 0 unspecified atom stereocenters. The third kappa shape index (κ3) is 5.29. The van der Waals surface area contributed by atoms with E-state index in [1.807, 2.05) is 6.20 Å². The maximum Gasteiger partial charge on any atom is 0.315 e. The molecule has 1 aromatic heterocycles. The first-order valence-electron chi connectivity index (χ1n) is 7.92. The Bertz CT molecular complexity index is 497. The molecular formula is C15H24N4O2S. The van der Waals surface area contributed by atoms with E-state index in [4.69, 9.17) is 0 Å². The maximum absolute atomic E-state index is 11.8. The van der Waals surface area contributed by atoms with E-state index in [0.29, 0.717) is 19.6 Å². The summed E-state index contributed by atoms with van der Waals surface area (Å²) in [7, 11) is 0. The first-order chi connectivity index (χ1) is 10.7. The maximum atomic E-state index is 11.8. The van der Waals surface area contributed by atoms with Gasteiger partial charge in [-0.15, -0.1) is 11.3 Å². The van der Waals surface area contributed by atoms with Crippen LogP contribution in [0.2, 0.25) is 0 Å². The van der Waals surface area contributed by atoms with Gasteiger partial charge in [-0.1, -0.05) is 19.8 Å². The van der Waals surface area contributed by atoms with Crippen molar-refractivity contribution >= 4 is 23.3 Å². The molecule has 2 rings (SSSR count). The van der Waals surface area contributed by atoms with Crippen molar-refractivity contribution in [1.29, 1.82) is 0 Å². The van der Waals surface area contributed by atoms with Crippen molar-refractivity contribution in [3.63, 3.8) is 0 Å². The fourth-order valence-electron chi connectivity index (χ4n) is 2.51. The predicted molar refractivity (Wildman–Crippen MR) is 86.7 cm³/mol. The molecule has 0 bridgehead atoms. The Morgan fingerprint density at radius 1 is 1.23 bits per heavy atom. The number of nitrogens with one attached hydrogen (secondary N) is 3. The molecule has 1 aliphatic carbocycles. The van der Waals surface area contributed by atoms with Gasteiger partial charge in [-0.2, -0.15) is 0 Å². The lowest BCUT2D eigenvalue weighted by atomic mass is 10.1. The molecule has 0 aliphatic heterocycles. The number of nitrogens with zero attached hydrogens (tertiary/aromatic N) is 1. The molecule has 0 radical (unpaired) electrons. The van der Waals surface area contributed by atoms with Gasteiger partial charge in [-0.05, 0) is 19.3 Å². The van der Waals surface area contributed by atoms with E-state index >= 15 is 0 Å². The summed E-state index contributed by atoms with van der Waals surface area (Å²) in [6.45, 7) is 3.42. The van der Waals surface area contributed by atoms with Crippen LogP contribution in [-0.4, -0.2) is 30.0 Å². The topological polar surface area (TPSA) is 83.1 Å². The highest BCUT2D eigenvalue weighted by Crippen LogP contribution is 2.24. The van der Waals surface area contributed by atoms with E-state index in [2.05, 4.69) is 27.9 Å². The van der Waals surface area contributed by atoms with Crippen molar-refractivity contribution in [2.75, 3.05) is 13.1 Å². The number of rotatable bonds is 7. The van der Waals surface area contributed by atoms with Gasteiger partial charge >= 0.3 is 6.03 Å². The minimum Gasteiger partial charge on any atom is -0.354 e. The number of carbonyl (C=O) groups excluding carboxylic acids is 2. The first kappa shape index (κ1) is 16.7. The van der Waals surface area contributed by atoms with Gasteiger partial charge in [0.25, 0.3) is 0 Å². The number of urea groups is 1. The van der Waals surface area contributed by atoms with Gasteiger partial charge in [0.2, 0.25) is 5.91 Å². The van der Waals surface area contributed by atoms with Gasteiger partial charge in [-0.25, -0.2) is 9.78 Å². The average Bonchev–Trinajstić information content (AvgIpc) is 3.20. The zero-order valence-corrected chi connectivity index (χ0v) is 13.8. The van der Waals surface area contributed by atoms with E-state index in [1.54, 1.807) is 11.3 Å². The molecule has 1 fully saturated rings. The van der Waals surface area contributed by atoms with Crippen molar-refractivity contribution < 1.29 is 9.59 Å². The zero-order chi connectivity index (χ0) is 15.8. The van der Waals surface area contributed by atoms with E-state index in [-0.39, 0.29) is 17.9 Å². The second-order valence-electron chi connectivity index (χ2n) is 5.46. The summed E-state index contributed by atoms with van der Waals surface area (Å²) in [5, 5.41) is 9.27. The molecule has 3 amide bonds. The minimum atomic E-state index is -0.233. The SMILES string of the molecule is CCc1cnc(CNC(=O)NCCNC(=O)C2CCCC2)s1. The summed E-state index contributed by atoms with van der Waals surface area (Å²) >= 11 is 1.61. The number of amides is 3. The Kier molecular flexibility index (Phi) is 6.64. The van der Waals surface area contributed by atoms with E-state index < -0.39 is 0 Å². The summed E-state index contributed by atoms with van der Waals surface area (Å²) in [5.41, 5.74) is 0. The fraction of sp³-hybridized carbons (Fsp3) is 0.667. The van der Waals surface area contributed by atoms with Crippen molar-refractivity contribution in [2.24, 2.45) is 5.92 Å². The van der Waals surface area contributed by atoms with Crippen molar-refractivity contribution in [3.05, 3.63) is 16.1 Å². The van der Waals surface area contributed by atoms with E-state index in [1.165, 1.54) is 4.88 Å². The Morgan fingerprint density at radius 2 is 1.95 bits per heavy atom. The van der Waals surface area contributed by atoms with Crippen molar-refractivity contribution in [1.82, 2.24) is 20.9 Å². The van der Waals surface area contributed by atoms with E-state index in [9.17, 15) is 9.59 Å². The van der Waals surface area contributed by atoms with Crippen LogP contribution in [0.5, 0.6) is 0 Å². The fourth-order valence-corrected chi connectivity index (χ4v) is 3.31. The van der Waals surface area contributed by atoms with Gasteiger partial charge < -0.3 is 16.0 Å². The molecule has 7 heteroatoms. The quantitative estimate of drug-likeness (QED) is 0.669. The molecule has 0 spiro atoms. The van der Waals surface area contributed by atoms with Crippen LogP contribution in [0, 0.1) is 5.92 Å². The lowest BCUT2D eigenvalue weighted by Crippen LogP contribution is -2.41. The van der Waals surface area contributed by atoms with E-state index in [0.717, 1.165) is 37.1 Å². The van der Waals surface area contributed by atoms with Gasteiger partial charge in [0.15, 0.2) is 0 Å². The molecule has 22 heavy (non-hydrogen) atoms. The van der Waals surface area contributed by atoms with Crippen LogP contribution in [0.3, 0.4) is 0 Å². The van der Waals surface area contributed by atoms with Crippen LogP contribution >= 0.6 is 11.3 Å². The summed E-state index contributed by atoms with van der Waals surface area (Å²) in [4.78, 5) is 28.9. The second-order valence-corrected chi connectivity index (χ2v) is 6.66. The third-order valence-corrected chi connectivity index (χ3v) is 4.93. The number of aromatic nitrogens is 1. The monoisotopic (exact) mass is 324 g/mol. The molecule has 0 atom stereocenters. The Labute approximate surface area is 135 Å². The van der Waals surface area contributed by atoms with Crippen LogP contribution < -0.4 is 16.0 Å². The van der Waals surface area contributed by atoms with Gasteiger partial charge in [0.1, 0.15) is 5.01 Å². The standard InChI is InChI=1S/C15H24N4O2S/c1-2-12-9-18-13(22-12)10-19-15(21)17-8-7-16-14(20)11-5-3-4-6-11/h9,11H,2-8,10H2,1H3,(H,16,20)(H2,17,19,21). The number of aryl methyl sites for hydroxylation is 1. The van der Waals surface area contributed by atoms with Gasteiger partial charge in [0.05, 0.1) is 6.54 Å². The van der Waals surface area contributed by atoms with Crippen LogP contribution in [0.4, 0.5) is 4.79 Å². The molecule has 1 saturated carbocycles. The zero-order valence-electron chi connectivity index (χ0n) is 13.0. The molecule has 0 aromatic carbocycles. The summed E-state index contributed by atoms with van der Waals surface area (Å²) in [6.07, 6.45) is 7.09. The van der Waals surface area contributed by atoms with Crippen LogP contribution in [0.25, 0.3) is 0 Å². The van der Waals surface area contributed by atoms with Gasteiger partial charge in [-0.3, -0.25) is 4.79 Å². The largest absolute Gasteiger partial charge is 0.354 e. The lowest BCUT2D eigenvalue weighted by molar-refractivity contribution is -0.124. The molecule has 0 saturated heterocycles. The Balaban J connectivity index is 1.54. The summed E-state index contributed by atoms with van der Waals surface area (Å²) in [6, 6.07) is -0.233. The minimum absolute atomic E-state index is 0.120. The van der Waals surface area contributed by atoms with Gasteiger partial charge in [0, 0.05) is 30.1 Å². The van der Waals surface area contributed by atoms with Crippen LogP contribution in [-0.2, 0) is 17.8 Å². The number of thiazole rings is 1. The van der Waals surface area contributed by atoms with Crippen LogP contribution in [0.1, 0.15) is 42.5 Å². The molecule has 1 heterocycles. The second kappa shape index (κ2) is 8.73. The highest BCUT2D eigenvalue weighted by Gasteiger charge is 2.21. The molecule has 6 nitrogen and oxygen atoms in total. The normalized spacial score (nSPS) is 14.8. The summed E-state index contributed by atoms with van der Waals surface area (Å²) in [5.74, 6) is 0.293. The third-order valence-electron chi connectivity index (χ3n) is 3.79. The Hall–Kier alpha value is -1.63. The van der Waals surface area contributed by atoms with Crippen LogP contribution in [0.15, 0.2) is 6.20 Å². The number of hydrogen-bond acceptors (Lipinski definition) is 4. The molecule has 1 aromatic rings. The summed E-state index contributed by atoms with van der Waals surface area (Å²) < 4.78 is 0. The average molecular weight is 324 g/mol. The molecular weight excluding hydrogens is 300 g/mol. The predicted octanol–water partition coefficient (Wildman–Crippen LogP) is 1.81. The van der Waals surface area contributed by atoms with Crippen molar-refractivity contribution in [3.8, 4) is 0 Å². The molecule has 1 aliphatic rings. The smallest absolute Gasteiger partial charge is 0.315 e. The number of hydrogen-bond donors (Lipinski definition) is 3. The molecule has 122 valence electrons.